The number of amides is 1. The molecule has 0 unspecified atom stereocenters. The third-order valence-corrected chi connectivity index (χ3v) is 5.28. The molecule has 3 aromatic rings. The van der Waals surface area contributed by atoms with Crippen LogP contribution in [-0.2, 0) is 10.0 Å². The number of fused-ring (bicyclic) bond motifs is 1. The second kappa shape index (κ2) is 6.17. The Morgan fingerprint density at radius 1 is 1.08 bits per heavy atom. The maximum atomic E-state index is 12.6. The number of carbonyl (C=O) groups excluding carboxylic acids is 1. The number of carbonyl (C=O) groups is 1. The van der Waals surface area contributed by atoms with Crippen molar-refractivity contribution in [1.29, 1.82) is 0 Å². The number of nitrogens with one attached hydrogen (secondary N) is 1. The zero-order chi connectivity index (χ0) is 17.3. The summed E-state index contributed by atoms with van der Waals surface area (Å²) in [6.45, 7) is 0. The van der Waals surface area contributed by atoms with E-state index in [1.54, 1.807) is 50.5 Å². The summed E-state index contributed by atoms with van der Waals surface area (Å²) in [5.41, 5.74) is 1.73. The van der Waals surface area contributed by atoms with Crippen molar-refractivity contribution in [3.05, 3.63) is 48.0 Å². The molecule has 0 aliphatic heterocycles. The van der Waals surface area contributed by atoms with Gasteiger partial charge in [0.05, 0.1) is 11.7 Å². The van der Waals surface area contributed by atoms with Crippen LogP contribution in [0.25, 0.3) is 11.0 Å². The molecule has 0 fully saturated rings. The zero-order valence-corrected chi connectivity index (χ0v) is 14.6. The molecule has 0 aliphatic carbocycles. The van der Waals surface area contributed by atoms with Gasteiger partial charge >= 0.3 is 0 Å². The number of hydrogen-bond acceptors (Lipinski definition) is 6. The molecule has 1 amide bonds. The molecule has 1 heterocycles. The molecule has 0 atom stereocenters. The lowest BCUT2D eigenvalue weighted by Crippen LogP contribution is -2.21. The van der Waals surface area contributed by atoms with Crippen LogP contribution >= 0.6 is 11.7 Å². The molecule has 1 aromatic heterocycles. The minimum Gasteiger partial charge on any atom is -0.345 e. The standard InChI is InChI=1S/C15H14N4O3S2/c1-19(2)15(20)10-6-8-11(9-7-10)18-24(21,22)13-5-3-4-12-14(13)17-23-16-12/h3-9,18H,1-2H3. The van der Waals surface area contributed by atoms with Crippen molar-refractivity contribution in [2.45, 2.75) is 4.90 Å². The Hall–Kier alpha value is -2.52. The van der Waals surface area contributed by atoms with Gasteiger partial charge in [-0.3, -0.25) is 9.52 Å². The number of rotatable bonds is 4. The van der Waals surface area contributed by atoms with Crippen molar-refractivity contribution in [2.75, 3.05) is 18.8 Å². The summed E-state index contributed by atoms with van der Waals surface area (Å²) in [5.74, 6) is -0.150. The van der Waals surface area contributed by atoms with Crippen LogP contribution in [0.2, 0.25) is 0 Å². The average molecular weight is 362 g/mol. The molecule has 3 rings (SSSR count). The van der Waals surface area contributed by atoms with Crippen molar-refractivity contribution < 1.29 is 13.2 Å². The zero-order valence-electron chi connectivity index (χ0n) is 12.9. The Balaban J connectivity index is 1.90. The summed E-state index contributed by atoms with van der Waals surface area (Å²) in [6.07, 6.45) is 0. The maximum absolute atomic E-state index is 12.6. The molecule has 2 aromatic carbocycles. The first-order valence-electron chi connectivity index (χ1n) is 6.94. The SMILES string of the molecule is CN(C)C(=O)c1ccc(NS(=O)(=O)c2cccc3nsnc23)cc1. The number of aromatic nitrogens is 2. The average Bonchev–Trinajstić information content (AvgIpc) is 3.02. The van der Waals surface area contributed by atoms with E-state index in [-0.39, 0.29) is 10.8 Å². The van der Waals surface area contributed by atoms with Crippen LogP contribution in [0, 0.1) is 0 Å². The second-order valence-corrected chi connectivity index (χ2v) is 7.45. The minimum absolute atomic E-state index is 0.0715. The van der Waals surface area contributed by atoms with Crippen molar-refractivity contribution >= 4 is 44.4 Å². The van der Waals surface area contributed by atoms with Crippen molar-refractivity contribution in [2.24, 2.45) is 0 Å². The quantitative estimate of drug-likeness (QED) is 0.768. The monoisotopic (exact) mass is 362 g/mol. The lowest BCUT2D eigenvalue weighted by Gasteiger charge is -2.11. The number of anilines is 1. The van der Waals surface area contributed by atoms with Gasteiger partial charge in [0.1, 0.15) is 15.9 Å². The van der Waals surface area contributed by atoms with Crippen molar-refractivity contribution in [3.63, 3.8) is 0 Å². The van der Waals surface area contributed by atoms with Gasteiger partial charge < -0.3 is 4.90 Å². The molecular weight excluding hydrogens is 348 g/mol. The minimum atomic E-state index is -3.80. The van der Waals surface area contributed by atoms with E-state index in [1.165, 1.54) is 11.0 Å². The van der Waals surface area contributed by atoms with E-state index in [0.29, 0.717) is 22.3 Å². The third kappa shape index (κ3) is 3.08. The van der Waals surface area contributed by atoms with Gasteiger partial charge in [0, 0.05) is 25.3 Å². The first-order valence-corrected chi connectivity index (χ1v) is 9.15. The Kier molecular flexibility index (Phi) is 4.20. The summed E-state index contributed by atoms with van der Waals surface area (Å²) in [7, 11) is -0.492. The summed E-state index contributed by atoms with van der Waals surface area (Å²) in [5, 5.41) is 0. The first kappa shape index (κ1) is 16.3. The van der Waals surface area contributed by atoms with Gasteiger partial charge in [-0.15, -0.1) is 0 Å². The third-order valence-electron chi connectivity index (χ3n) is 3.33. The summed E-state index contributed by atoms with van der Waals surface area (Å²) < 4.78 is 35.8. The van der Waals surface area contributed by atoms with Crippen LogP contribution in [0.1, 0.15) is 10.4 Å². The highest BCUT2D eigenvalue weighted by molar-refractivity contribution is 7.93. The highest BCUT2D eigenvalue weighted by atomic mass is 32.2. The molecule has 1 N–H and O–H groups in total. The topological polar surface area (TPSA) is 92.3 Å². The van der Waals surface area contributed by atoms with Crippen LogP contribution in [0.15, 0.2) is 47.4 Å². The molecule has 0 saturated carbocycles. The van der Waals surface area contributed by atoms with Crippen LogP contribution < -0.4 is 4.72 Å². The van der Waals surface area contributed by atoms with Gasteiger partial charge in [-0.2, -0.15) is 8.75 Å². The number of nitrogens with zero attached hydrogens (tertiary/aromatic N) is 3. The second-order valence-electron chi connectivity index (χ2n) is 5.27. The Bertz CT molecular complexity index is 995. The van der Waals surface area contributed by atoms with E-state index in [9.17, 15) is 13.2 Å². The predicted molar refractivity (Wildman–Crippen MR) is 92.7 cm³/mol. The summed E-state index contributed by atoms with van der Waals surface area (Å²) >= 11 is 0.963. The highest BCUT2D eigenvalue weighted by Gasteiger charge is 2.19. The van der Waals surface area contributed by atoms with E-state index in [2.05, 4.69) is 13.5 Å². The maximum Gasteiger partial charge on any atom is 0.264 e. The van der Waals surface area contributed by atoms with Gasteiger partial charge in [-0.05, 0) is 36.4 Å². The molecule has 124 valence electrons. The van der Waals surface area contributed by atoms with E-state index in [4.69, 9.17) is 0 Å². The van der Waals surface area contributed by atoms with Gasteiger partial charge in [-0.25, -0.2) is 8.42 Å². The molecule has 24 heavy (non-hydrogen) atoms. The molecule has 9 heteroatoms. The molecule has 0 spiro atoms. The van der Waals surface area contributed by atoms with Gasteiger partial charge in [-0.1, -0.05) is 6.07 Å². The lowest BCUT2D eigenvalue weighted by atomic mass is 10.2. The van der Waals surface area contributed by atoms with Gasteiger partial charge in [0.2, 0.25) is 0 Å². The largest absolute Gasteiger partial charge is 0.345 e. The number of hydrogen-bond donors (Lipinski definition) is 1. The van der Waals surface area contributed by atoms with E-state index in [1.807, 2.05) is 0 Å². The highest BCUT2D eigenvalue weighted by Crippen LogP contribution is 2.23. The van der Waals surface area contributed by atoms with E-state index < -0.39 is 10.0 Å². The van der Waals surface area contributed by atoms with E-state index >= 15 is 0 Å². The Labute approximate surface area is 143 Å². The van der Waals surface area contributed by atoms with Crippen molar-refractivity contribution in [1.82, 2.24) is 13.6 Å². The van der Waals surface area contributed by atoms with Gasteiger partial charge in [0.15, 0.2) is 0 Å². The van der Waals surface area contributed by atoms with E-state index in [0.717, 1.165) is 11.7 Å². The number of sulfonamides is 1. The van der Waals surface area contributed by atoms with Crippen LogP contribution in [-0.4, -0.2) is 42.1 Å². The Morgan fingerprint density at radius 2 is 1.79 bits per heavy atom. The Morgan fingerprint density at radius 3 is 2.46 bits per heavy atom. The summed E-state index contributed by atoms with van der Waals surface area (Å²) in [4.78, 5) is 13.4. The lowest BCUT2D eigenvalue weighted by molar-refractivity contribution is 0.0827. The molecular formula is C15H14N4O3S2. The number of benzene rings is 2. The van der Waals surface area contributed by atoms with Crippen LogP contribution in [0.4, 0.5) is 5.69 Å². The van der Waals surface area contributed by atoms with Crippen LogP contribution in [0.3, 0.4) is 0 Å². The molecule has 0 bridgehead atoms. The normalized spacial score (nSPS) is 11.4. The fourth-order valence-corrected chi connectivity index (χ4v) is 3.97. The molecule has 0 aliphatic rings. The molecule has 0 radical (unpaired) electrons. The van der Waals surface area contributed by atoms with Crippen molar-refractivity contribution in [3.8, 4) is 0 Å². The fraction of sp³-hybridized carbons (Fsp3) is 0.133. The van der Waals surface area contributed by atoms with Crippen LogP contribution in [0.5, 0.6) is 0 Å². The smallest absolute Gasteiger partial charge is 0.264 e. The fourth-order valence-electron chi connectivity index (χ4n) is 2.15. The summed E-state index contributed by atoms with van der Waals surface area (Å²) in [6, 6.07) is 11.1. The van der Waals surface area contributed by atoms with Gasteiger partial charge in [0.25, 0.3) is 15.9 Å². The predicted octanol–water partition coefficient (Wildman–Crippen LogP) is 2.19. The first-order chi connectivity index (χ1) is 11.4. The molecule has 0 saturated heterocycles. The molecule has 7 nitrogen and oxygen atoms in total.